The zero-order valence-corrected chi connectivity index (χ0v) is 22.7. The van der Waals surface area contributed by atoms with Gasteiger partial charge in [-0.25, -0.2) is 4.98 Å². The second-order valence-corrected chi connectivity index (χ2v) is 10.5. The van der Waals surface area contributed by atoms with E-state index in [1.807, 2.05) is 26.0 Å². The molecule has 4 rings (SSSR count). The highest BCUT2D eigenvalue weighted by Gasteiger charge is 2.58. The molecule has 0 amide bonds. The lowest BCUT2D eigenvalue weighted by molar-refractivity contribution is -0.287. The Bertz CT molecular complexity index is 1480. The van der Waals surface area contributed by atoms with Gasteiger partial charge in [-0.15, -0.1) is 0 Å². The Balaban J connectivity index is 1.97. The molecule has 2 aromatic carbocycles. The fourth-order valence-corrected chi connectivity index (χ4v) is 5.15. The zero-order valence-electron chi connectivity index (χ0n) is 21.1. The van der Waals surface area contributed by atoms with Crippen molar-refractivity contribution in [2.24, 2.45) is 0 Å². The average molecular weight is 625 g/mol. The molecule has 39 heavy (non-hydrogen) atoms. The third-order valence-corrected chi connectivity index (χ3v) is 7.05. The maximum absolute atomic E-state index is 14.2. The summed E-state index contributed by atoms with van der Waals surface area (Å²) < 4.78 is 113. The van der Waals surface area contributed by atoms with E-state index in [0.29, 0.717) is 26.1 Å². The lowest BCUT2D eigenvalue weighted by atomic mass is 10.0. The molecule has 0 aliphatic carbocycles. The molecule has 0 N–H and O–H groups in total. The highest BCUT2D eigenvalue weighted by atomic mass is 79.9. The molecular formula is C26H25BrF8N4. The average Bonchev–Trinajstić information content (AvgIpc) is 3.33. The van der Waals surface area contributed by atoms with Crippen LogP contribution in [-0.2, 0) is 12.7 Å². The van der Waals surface area contributed by atoms with Gasteiger partial charge in [0, 0.05) is 11.0 Å². The van der Waals surface area contributed by atoms with Crippen LogP contribution in [0.15, 0.2) is 46.9 Å². The van der Waals surface area contributed by atoms with Gasteiger partial charge in [0.1, 0.15) is 0 Å². The summed E-state index contributed by atoms with van der Waals surface area (Å²) in [5.74, 6) is -5.07. The van der Waals surface area contributed by atoms with Gasteiger partial charge in [-0.2, -0.15) is 35.1 Å². The number of hydrogen-bond acceptors (Lipinski definition) is 2. The van der Waals surface area contributed by atoms with Crippen LogP contribution in [0.5, 0.6) is 0 Å². The number of para-hydroxylation sites is 2. The Morgan fingerprint density at radius 2 is 1.59 bits per heavy atom. The number of nitrogens with zero attached hydrogens (tertiary/aromatic N) is 4. The Morgan fingerprint density at radius 1 is 0.949 bits per heavy atom. The van der Waals surface area contributed by atoms with Gasteiger partial charge in [0.2, 0.25) is 5.78 Å². The van der Waals surface area contributed by atoms with Crippen LogP contribution in [0.3, 0.4) is 0 Å². The first-order valence-corrected chi connectivity index (χ1v) is 12.9. The maximum atomic E-state index is 14.2. The van der Waals surface area contributed by atoms with Gasteiger partial charge in [-0.1, -0.05) is 39.0 Å². The highest BCUT2D eigenvalue weighted by Crippen LogP contribution is 2.39. The second kappa shape index (κ2) is 10.4. The van der Waals surface area contributed by atoms with Gasteiger partial charge in [-0.3, -0.25) is 13.9 Å². The normalized spacial score (nSPS) is 13.5. The number of halogens is 9. The minimum Gasteiger partial charge on any atom is -0.291 e. The molecule has 2 aromatic heterocycles. The third-order valence-electron chi connectivity index (χ3n) is 6.42. The molecule has 13 heteroatoms. The molecule has 0 aliphatic heterocycles. The second-order valence-electron chi connectivity index (χ2n) is 9.64. The number of alkyl halides is 8. The van der Waals surface area contributed by atoms with E-state index < -0.39 is 42.8 Å². The lowest BCUT2D eigenvalue weighted by Crippen LogP contribution is -2.47. The van der Waals surface area contributed by atoms with Crippen molar-refractivity contribution in [3.63, 3.8) is 0 Å². The summed E-state index contributed by atoms with van der Waals surface area (Å²) in [6.07, 6.45) is -10.7. The van der Waals surface area contributed by atoms with Crippen LogP contribution in [0.1, 0.15) is 50.1 Å². The van der Waals surface area contributed by atoms with Crippen LogP contribution in [0.4, 0.5) is 35.1 Å². The number of hydrogen-bond donors (Lipinski definition) is 0. The van der Waals surface area contributed by atoms with Crippen molar-refractivity contribution < 1.29 is 35.1 Å². The molecule has 0 spiro atoms. The summed E-state index contributed by atoms with van der Waals surface area (Å²) in [7, 11) is 0. The minimum atomic E-state index is -5.84. The molecule has 0 fully saturated rings. The lowest BCUT2D eigenvalue weighted by Gasteiger charge is -2.28. The molecule has 0 radical (unpaired) electrons. The van der Waals surface area contributed by atoms with Gasteiger partial charge >= 0.3 is 18.3 Å². The van der Waals surface area contributed by atoms with Crippen LogP contribution in [0.25, 0.3) is 22.5 Å². The van der Waals surface area contributed by atoms with E-state index >= 15 is 0 Å². The number of benzene rings is 2. The summed E-state index contributed by atoms with van der Waals surface area (Å²) in [5, 5.41) is 0. The van der Waals surface area contributed by atoms with E-state index in [9.17, 15) is 35.1 Å². The van der Waals surface area contributed by atoms with Crippen LogP contribution in [-0.4, -0.2) is 44.0 Å². The quantitative estimate of drug-likeness (QED) is 0.183. The van der Waals surface area contributed by atoms with Crippen molar-refractivity contribution >= 4 is 32.7 Å². The molecule has 2 heterocycles. The molecule has 0 unspecified atom stereocenters. The van der Waals surface area contributed by atoms with E-state index in [4.69, 9.17) is 0 Å². The van der Waals surface area contributed by atoms with E-state index in [1.54, 1.807) is 37.3 Å². The smallest absolute Gasteiger partial charge is 0.291 e. The van der Waals surface area contributed by atoms with Gasteiger partial charge in [-0.05, 0) is 64.6 Å². The number of aromatic nitrogens is 3. The zero-order chi connectivity index (χ0) is 28.9. The molecule has 212 valence electrons. The molecule has 0 saturated carbocycles. The van der Waals surface area contributed by atoms with Crippen molar-refractivity contribution in [2.45, 2.75) is 57.9 Å². The summed E-state index contributed by atoms with van der Waals surface area (Å²) in [6.45, 7) is 2.64. The monoisotopic (exact) mass is 624 g/mol. The molecule has 0 saturated heterocycles. The Labute approximate surface area is 227 Å². The standard InChI is InChI=1S/C26H25BrF8N4/c1-4-11-37(14-24(28,29)26(33,34)35)13-21-22(25(30,31)32)36-23-38(19-7-5-6-8-20(19)39(21)23)18-10-9-16(15(2)3)12-17(18)27/h5-10,12,15H,4,11,13-14H2,1-3H3. The van der Waals surface area contributed by atoms with Gasteiger partial charge in [0.05, 0.1) is 29.0 Å². The van der Waals surface area contributed by atoms with Crippen LogP contribution >= 0.6 is 15.9 Å². The Hall–Kier alpha value is -2.67. The highest BCUT2D eigenvalue weighted by molar-refractivity contribution is 9.10. The predicted octanol–water partition coefficient (Wildman–Crippen LogP) is 8.59. The van der Waals surface area contributed by atoms with Crippen LogP contribution < -0.4 is 0 Å². The minimum absolute atomic E-state index is 0.143. The van der Waals surface area contributed by atoms with E-state index in [1.165, 1.54) is 8.97 Å². The van der Waals surface area contributed by atoms with E-state index in [-0.39, 0.29) is 24.7 Å². The number of rotatable bonds is 8. The Kier molecular flexibility index (Phi) is 7.80. The number of fused-ring (bicyclic) bond motifs is 3. The molecular weight excluding hydrogens is 600 g/mol. The van der Waals surface area contributed by atoms with E-state index in [2.05, 4.69) is 20.9 Å². The summed E-state index contributed by atoms with van der Waals surface area (Å²) >= 11 is 3.51. The third kappa shape index (κ3) is 5.52. The number of imidazole rings is 2. The first-order valence-electron chi connectivity index (χ1n) is 12.1. The van der Waals surface area contributed by atoms with Gasteiger partial charge < -0.3 is 0 Å². The Morgan fingerprint density at radius 3 is 2.13 bits per heavy atom. The molecule has 0 aliphatic rings. The van der Waals surface area contributed by atoms with Crippen LogP contribution in [0.2, 0.25) is 0 Å². The summed E-state index contributed by atoms with van der Waals surface area (Å²) in [5.41, 5.74) is 0.390. The van der Waals surface area contributed by atoms with Crippen molar-refractivity contribution in [2.75, 3.05) is 13.1 Å². The maximum Gasteiger partial charge on any atom is 0.454 e. The first kappa shape index (κ1) is 29.3. The first-order chi connectivity index (χ1) is 18.1. The van der Waals surface area contributed by atoms with Crippen molar-refractivity contribution in [3.8, 4) is 5.69 Å². The van der Waals surface area contributed by atoms with E-state index in [0.717, 1.165) is 5.56 Å². The van der Waals surface area contributed by atoms with Gasteiger partial charge in [0.25, 0.3) is 0 Å². The molecule has 0 bridgehead atoms. The molecule has 4 nitrogen and oxygen atoms in total. The SMILES string of the molecule is CCCN(Cc1c(C(F)(F)F)nc2n(-c3ccc(C(C)C)cc3Br)c3ccccc3n12)CC(F)(F)C(F)(F)F. The predicted molar refractivity (Wildman–Crippen MR) is 135 cm³/mol. The fraction of sp³-hybridized carbons (Fsp3) is 0.423. The van der Waals surface area contributed by atoms with Crippen LogP contribution in [0, 0.1) is 0 Å². The molecule has 0 atom stereocenters. The fourth-order valence-electron chi connectivity index (χ4n) is 4.58. The van der Waals surface area contributed by atoms with Gasteiger partial charge in [0.15, 0.2) is 5.69 Å². The van der Waals surface area contributed by atoms with Crippen molar-refractivity contribution in [3.05, 3.63) is 63.9 Å². The van der Waals surface area contributed by atoms with Crippen molar-refractivity contribution in [1.29, 1.82) is 0 Å². The molecule has 4 aromatic rings. The summed E-state index contributed by atoms with van der Waals surface area (Å²) in [6, 6.07) is 11.9. The largest absolute Gasteiger partial charge is 0.454 e. The summed E-state index contributed by atoms with van der Waals surface area (Å²) in [4.78, 5) is 4.58. The topological polar surface area (TPSA) is 25.5 Å². The van der Waals surface area contributed by atoms with Crippen molar-refractivity contribution in [1.82, 2.24) is 18.9 Å².